The van der Waals surface area contributed by atoms with Crippen LogP contribution in [-0.4, -0.2) is 56.2 Å². The van der Waals surface area contributed by atoms with Gasteiger partial charge in [0, 0.05) is 19.7 Å². The molecule has 2 amide bonds. The van der Waals surface area contributed by atoms with Crippen molar-refractivity contribution in [2.45, 2.75) is 89.8 Å². The van der Waals surface area contributed by atoms with Gasteiger partial charge >= 0.3 is 12.2 Å². The highest BCUT2D eigenvalue weighted by Gasteiger charge is 2.40. The van der Waals surface area contributed by atoms with E-state index in [4.69, 9.17) is 9.16 Å². The number of carboxylic acid groups (broad SMARTS) is 1. The Kier molecular flexibility index (Phi) is 9.79. The molecule has 0 bridgehead atoms. The average Bonchev–Trinajstić information content (AvgIpc) is 2.72. The molecule has 0 heterocycles. The van der Waals surface area contributed by atoms with Crippen molar-refractivity contribution in [3.05, 3.63) is 35.9 Å². The van der Waals surface area contributed by atoms with Gasteiger partial charge in [0.1, 0.15) is 6.61 Å². The summed E-state index contributed by atoms with van der Waals surface area (Å²) in [6.45, 7) is 11.8. The summed E-state index contributed by atoms with van der Waals surface area (Å²) in [4.78, 5) is 25.2. The van der Waals surface area contributed by atoms with Gasteiger partial charge in [0.15, 0.2) is 8.32 Å². The molecule has 1 aliphatic rings. The zero-order valence-corrected chi connectivity index (χ0v) is 22.1. The van der Waals surface area contributed by atoms with Crippen molar-refractivity contribution in [2.75, 3.05) is 13.6 Å². The Bertz CT molecular complexity index is 758. The molecule has 2 N–H and O–H groups in total. The van der Waals surface area contributed by atoms with E-state index in [1.54, 1.807) is 7.05 Å². The SMILES string of the molecule is CN(C[C@H](CC1CCC(O[Si](C)(C)C(C)(C)C)CC1)NC(=O)O)C(=O)OCc1ccccc1. The summed E-state index contributed by atoms with van der Waals surface area (Å²) >= 11 is 0. The molecule has 0 unspecified atom stereocenters. The van der Waals surface area contributed by atoms with Crippen molar-refractivity contribution >= 4 is 20.5 Å². The first kappa shape index (κ1) is 27.2. The van der Waals surface area contributed by atoms with Gasteiger partial charge in [-0.1, -0.05) is 51.1 Å². The zero-order valence-electron chi connectivity index (χ0n) is 21.1. The van der Waals surface area contributed by atoms with Gasteiger partial charge in [-0.25, -0.2) is 9.59 Å². The molecule has 1 aliphatic carbocycles. The van der Waals surface area contributed by atoms with E-state index in [0.717, 1.165) is 31.2 Å². The summed E-state index contributed by atoms with van der Waals surface area (Å²) in [6, 6.07) is 9.16. The number of amides is 2. The monoisotopic (exact) mass is 478 g/mol. The second-order valence-corrected chi connectivity index (χ2v) is 15.6. The third-order valence-corrected chi connectivity index (χ3v) is 11.6. The lowest BCUT2D eigenvalue weighted by molar-refractivity contribution is 0.0936. The summed E-state index contributed by atoms with van der Waals surface area (Å²) in [7, 11) is -0.137. The van der Waals surface area contributed by atoms with Crippen LogP contribution in [0.4, 0.5) is 9.59 Å². The van der Waals surface area contributed by atoms with Gasteiger partial charge in [0.25, 0.3) is 0 Å². The van der Waals surface area contributed by atoms with Crippen LogP contribution in [0.5, 0.6) is 0 Å². The number of hydrogen-bond acceptors (Lipinski definition) is 4. The Labute approximate surface area is 200 Å². The van der Waals surface area contributed by atoms with Crippen molar-refractivity contribution < 1.29 is 23.9 Å². The Hall–Kier alpha value is -2.06. The lowest BCUT2D eigenvalue weighted by atomic mass is 9.83. The predicted octanol–water partition coefficient (Wildman–Crippen LogP) is 5.86. The third-order valence-electron chi connectivity index (χ3n) is 7.02. The molecule has 0 spiro atoms. The van der Waals surface area contributed by atoms with Crippen LogP contribution in [0.2, 0.25) is 18.1 Å². The number of nitrogens with one attached hydrogen (secondary N) is 1. The molecule has 0 aromatic heterocycles. The van der Waals surface area contributed by atoms with E-state index in [0.29, 0.717) is 18.4 Å². The number of carbonyl (C=O) groups is 2. The Balaban J connectivity index is 1.84. The minimum Gasteiger partial charge on any atom is -0.465 e. The van der Waals surface area contributed by atoms with E-state index < -0.39 is 20.5 Å². The second kappa shape index (κ2) is 11.9. The van der Waals surface area contributed by atoms with Gasteiger partial charge < -0.3 is 24.5 Å². The van der Waals surface area contributed by atoms with Crippen molar-refractivity contribution in [3.63, 3.8) is 0 Å². The van der Waals surface area contributed by atoms with Gasteiger partial charge in [-0.3, -0.25) is 0 Å². The minimum atomic E-state index is -1.78. The first-order valence-corrected chi connectivity index (χ1v) is 14.9. The molecular formula is C25H42N2O5Si. The molecule has 1 saturated carbocycles. The van der Waals surface area contributed by atoms with Gasteiger partial charge in [0.2, 0.25) is 0 Å². The van der Waals surface area contributed by atoms with Crippen LogP contribution < -0.4 is 5.32 Å². The van der Waals surface area contributed by atoms with Crippen LogP contribution >= 0.6 is 0 Å². The van der Waals surface area contributed by atoms with E-state index >= 15 is 0 Å². The molecule has 0 radical (unpaired) electrons. The molecule has 1 fully saturated rings. The van der Waals surface area contributed by atoms with Crippen LogP contribution in [0.1, 0.15) is 58.4 Å². The van der Waals surface area contributed by atoms with E-state index in [2.05, 4.69) is 39.2 Å². The fourth-order valence-electron chi connectivity index (χ4n) is 4.07. The lowest BCUT2D eigenvalue weighted by Crippen LogP contribution is -2.46. The van der Waals surface area contributed by atoms with Crippen molar-refractivity contribution in [3.8, 4) is 0 Å². The van der Waals surface area contributed by atoms with Crippen molar-refractivity contribution in [1.82, 2.24) is 10.2 Å². The predicted molar refractivity (Wildman–Crippen MR) is 133 cm³/mol. The van der Waals surface area contributed by atoms with E-state index in [1.165, 1.54) is 4.90 Å². The molecule has 2 rings (SSSR count). The van der Waals surface area contributed by atoms with Gasteiger partial charge in [-0.2, -0.15) is 0 Å². The summed E-state index contributed by atoms with van der Waals surface area (Å²) in [5, 5.41) is 12.1. The Morgan fingerprint density at radius 2 is 1.76 bits per heavy atom. The van der Waals surface area contributed by atoms with Crippen LogP contribution in [0.25, 0.3) is 0 Å². The maximum Gasteiger partial charge on any atom is 0.409 e. The van der Waals surface area contributed by atoms with Crippen LogP contribution in [0, 0.1) is 5.92 Å². The summed E-state index contributed by atoms with van der Waals surface area (Å²) in [5.41, 5.74) is 0.913. The number of benzene rings is 1. The Morgan fingerprint density at radius 1 is 1.15 bits per heavy atom. The minimum absolute atomic E-state index is 0.194. The normalized spacial score (nSPS) is 20.1. The zero-order chi connectivity index (χ0) is 24.6. The molecule has 1 aromatic rings. The van der Waals surface area contributed by atoms with Crippen molar-refractivity contribution in [2.24, 2.45) is 5.92 Å². The quantitative estimate of drug-likeness (QED) is 0.434. The summed E-state index contributed by atoms with van der Waals surface area (Å²) < 4.78 is 12.0. The van der Waals surface area contributed by atoms with Crippen LogP contribution in [0.3, 0.4) is 0 Å². The standard InChI is InChI=1S/C25H42N2O5Si/c1-25(2,3)33(5,6)32-22-14-12-19(13-15-22)16-21(26-23(28)29)17-27(4)24(30)31-18-20-10-8-7-9-11-20/h7-11,19,21-22,26H,12-18H2,1-6H3,(H,28,29)/t19?,21-,22?/m0/s1. The molecule has 0 aliphatic heterocycles. The number of likely N-dealkylation sites (N-methyl/N-ethyl adjacent to an activating group) is 1. The van der Waals surface area contributed by atoms with Gasteiger partial charge in [-0.05, 0) is 61.7 Å². The lowest BCUT2D eigenvalue weighted by Gasteiger charge is -2.41. The highest BCUT2D eigenvalue weighted by Crippen LogP contribution is 2.40. The first-order chi connectivity index (χ1) is 15.4. The topological polar surface area (TPSA) is 88.1 Å². The van der Waals surface area contributed by atoms with E-state index in [-0.39, 0.29) is 24.2 Å². The fraction of sp³-hybridized carbons (Fsp3) is 0.680. The smallest absolute Gasteiger partial charge is 0.409 e. The maximum absolute atomic E-state index is 12.4. The molecule has 7 nitrogen and oxygen atoms in total. The third kappa shape index (κ3) is 9.01. The molecular weight excluding hydrogens is 436 g/mol. The molecule has 186 valence electrons. The number of rotatable bonds is 9. The molecule has 8 heteroatoms. The molecule has 0 saturated heterocycles. The molecule has 1 atom stereocenters. The van der Waals surface area contributed by atoms with Crippen LogP contribution in [-0.2, 0) is 15.8 Å². The summed E-state index contributed by atoms with van der Waals surface area (Å²) in [5.74, 6) is 0.412. The second-order valence-electron chi connectivity index (χ2n) is 10.8. The molecule has 33 heavy (non-hydrogen) atoms. The molecule has 1 aromatic carbocycles. The van der Waals surface area contributed by atoms with Crippen LogP contribution in [0.15, 0.2) is 30.3 Å². The first-order valence-electron chi connectivity index (χ1n) is 12.0. The number of carbonyl (C=O) groups excluding carboxylic acids is 1. The number of ether oxygens (including phenoxy) is 1. The highest BCUT2D eigenvalue weighted by atomic mass is 28.4. The average molecular weight is 479 g/mol. The fourth-order valence-corrected chi connectivity index (χ4v) is 5.49. The maximum atomic E-state index is 12.4. The van der Waals surface area contributed by atoms with E-state index in [1.807, 2.05) is 30.3 Å². The highest BCUT2D eigenvalue weighted by molar-refractivity contribution is 6.74. The van der Waals surface area contributed by atoms with Crippen molar-refractivity contribution in [1.29, 1.82) is 0 Å². The summed E-state index contributed by atoms with van der Waals surface area (Å²) in [6.07, 6.45) is 3.51. The number of nitrogens with zero attached hydrogens (tertiary/aromatic N) is 1. The van der Waals surface area contributed by atoms with E-state index in [9.17, 15) is 14.7 Å². The largest absolute Gasteiger partial charge is 0.465 e. The number of hydrogen-bond donors (Lipinski definition) is 2. The Morgan fingerprint density at radius 3 is 2.30 bits per heavy atom. The van der Waals surface area contributed by atoms with Gasteiger partial charge in [-0.15, -0.1) is 0 Å². The van der Waals surface area contributed by atoms with Gasteiger partial charge in [0.05, 0.1) is 6.04 Å².